The van der Waals surface area contributed by atoms with Crippen molar-refractivity contribution < 1.29 is 60.0 Å². The zero-order valence-corrected chi connectivity index (χ0v) is 23.8. The van der Waals surface area contributed by atoms with Crippen LogP contribution in [-0.4, -0.2) is 43.9 Å². The van der Waals surface area contributed by atoms with Crippen molar-refractivity contribution in [1.82, 2.24) is 5.32 Å². The lowest BCUT2D eigenvalue weighted by Crippen LogP contribution is -2.47. The summed E-state index contributed by atoms with van der Waals surface area (Å²) in [5.74, 6) is -1.58. The minimum Gasteiger partial charge on any atom is -0.492 e. The number of carbonyl (C=O) groups excluding carboxylic acids is 2. The molecule has 44 heavy (non-hydrogen) atoms. The molecule has 238 valence electrons. The number of alkyl halides is 5. The van der Waals surface area contributed by atoms with Crippen molar-refractivity contribution in [2.24, 2.45) is 11.8 Å². The molecule has 0 radical (unpaired) electrons. The molecule has 1 aliphatic carbocycles. The van der Waals surface area contributed by atoms with Crippen LogP contribution in [0.25, 0.3) is 0 Å². The van der Waals surface area contributed by atoms with E-state index in [1.165, 1.54) is 18.2 Å². The molecule has 0 aromatic heterocycles. The number of esters is 1. The van der Waals surface area contributed by atoms with Gasteiger partial charge in [-0.1, -0.05) is 0 Å². The minimum atomic E-state index is -4.91. The lowest BCUT2D eigenvalue weighted by molar-refractivity contribution is -0.286. The van der Waals surface area contributed by atoms with Crippen molar-refractivity contribution in [2.75, 3.05) is 13.2 Å². The fraction of sp³-hybridized carbons (Fsp3) is 0.533. The van der Waals surface area contributed by atoms with Crippen LogP contribution in [0.3, 0.4) is 0 Å². The van der Waals surface area contributed by atoms with Gasteiger partial charge in [-0.25, -0.2) is 0 Å². The number of fused-ring (bicyclic) bond motifs is 3. The molecule has 3 aliphatic heterocycles. The summed E-state index contributed by atoms with van der Waals surface area (Å²) in [6.07, 6.45) is -6.53. The van der Waals surface area contributed by atoms with Crippen molar-refractivity contribution in [3.63, 3.8) is 0 Å². The average Bonchev–Trinajstić information content (AvgIpc) is 3.45. The van der Waals surface area contributed by atoms with E-state index in [4.69, 9.17) is 14.2 Å². The third-order valence-electron chi connectivity index (χ3n) is 8.68. The molecule has 2 aromatic rings. The van der Waals surface area contributed by atoms with Crippen LogP contribution in [0.2, 0.25) is 0 Å². The Hall–Kier alpha value is -3.97. The molecular weight excluding hydrogens is 597 g/mol. The third kappa shape index (κ3) is 5.77. The number of rotatable bonds is 6. The van der Waals surface area contributed by atoms with Crippen LogP contribution in [-0.2, 0) is 19.7 Å². The van der Waals surface area contributed by atoms with Crippen molar-refractivity contribution >= 4 is 11.9 Å². The van der Waals surface area contributed by atoms with Crippen molar-refractivity contribution in [2.45, 2.75) is 76.2 Å². The first-order valence-electron chi connectivity index (χ1n) is 14.4. The monoisotopic (exact) mass is 627 g/mol. The fourth-order valence-electron chi connectivity index (χ4n) is 6.42. The average molecular weight is 628 g/mol. The van der Waals surface area contributed by atoms with Gasteiger partial charge in [0.05, 0.1) is 18.6 Å². The molecule has 1 amide bonds. The second-order valence-electron chi connectivity index (χ2n) is 11.6. The van der Waals surface area contributed by atoms with Crippen LogP contribution in [0.4, 0.5) is 22.0 Å². The summed E-state index contributed by atoms with van der Waals surface area (Å²) in [6, 6.07) is 5.58. The highest BCUT2D eigenvalue weighted by Gasteiger charge is 2.50. The summed E-state index contributed by atoms with van der Waals surface area (Å²) in [6.45, 7) is 3.54. The Bertz CT molecular complexity index is 1460. The van der Waals surface area contributed by atoms with Gasteiger partial charge >= 0.3 is 18.6 Å². The molecule has 2 aromatic carbocycles. The maximum absolute atomic E-state index is 13.9. The van der Waals surface area contributed by atoms with E-state index in [2.05, 4.69) is 19.5 Å². The summed E-state index contributed by atoms with van der Waals surface area (Å²) in [5.41, 5.74) is -0.529. The van der Waals surface area contributed by atoms with E-state index in [-0.39, 0.29) is 54.0 Å². The van der Waals surface area contributed by atoms with Gasteiger partial charge in [0.2, 0.25) is 5.91 Å². The van der Waals surface area contributed by atoms with Crippen molar-refractivity contribution in [3.05, 3.63) is 41.5 Å². The highest BCUT2D eigenvalue weighted by atomic mass is 19.4. The van der Waals surface area contributed by atoms with Gasteiger partial charge in [0.25, 0.3) is 0 Å². The standard InChI is InChI=1S/C30H30F5NO8/c1-3-39-26(37)16-6-4-15(5-7-16)21-12-20(18-9-8-17(10-22(18)41-21)42-29(31,32)33)36-27(38)28(2)14-40-23-13-25-24(11-19(23)28)43-30(34,35)44-25/h8-11,13,15-16,20-21H,3-7,12,14H2,1-2H3,(H,36,38)/t15-,16-,20-,21-,28+/m1/s1. The van der Waals surface area contributed by atoms with Crippen molar-refractivity contribution in [3.8, 4) is 28.7 Å². The Balaban J connectivity index is 1.24. The van der Waals surface area contributed by atoms with Crippen LogP contribution in [0.5, 0.6) is 28.7 Å². The molecule has 0 spiro atoms. The Kier molecular flexibility index (Phi) is 7.44. The van der Waals surface area contributed by atoms with Crippen molar-refractivity contribution in [1.29, 1.82) is 0 Å². The highest BCUT2D eigenvalue weighted by molar-refractivity contribution is 5.90. The smallest absolute Gasteiger partial charge is 0.492 e. The second kappa shape index (κ2) is 10.9. The number of benzene rings is 2. The van der Waals surface area contributed by atoms with Gasteiger partial charge in [-0.2, -0.15) is 0 Å². The molecule has 9 nitrogen and oxygen atoms in total. The third-order valence-corrected chi connectivity index (χ3v) is 8.68. The van der Waals surface area contributed by atoms with Crippen LogP contribution in [0, 0.1) is 11.8 Å². The first kappa shape index (κ1) is 30.1. The Labute approximate surface area is 248 Å². The lowest BCUT2D eigenvalue weighted by atomic mass is 9.76. The van der Waals surface area contributed by atoms with Gasteiger partial charge in [-0.15, -0.1) is 22.0 Å². The largest absolute Gasteiger partial charge is 0.586 e. The van der Waals surface area contributed by atoms with Gasteiger partial charge in [-0.05, 0) is 63.6 Å². The Morgan fingerprint density at radius 2 is 1.70 bits per heavy atom. The number of amides is 1. The summed E-state index contributed by atoms with van der Waals surface area (Å²) in [4.78, 5) is 26.1. The Morgan fingerprint density at radius 1 is 1.00 bits per heavy atom. The van der Waals surface area contributed by atoms with Crippen LogP contribution in [0.1, 0.15) is 63.1 Å². The molecular formula is C30H30F5NO8. The molecule has 0 saturated heterocycles. The molecule has 0 unspecified atom stereocenters. The van der Waals surface area contributed by atoms with Gasteiger partial charge < -0.3 is 33.7 Å². The summed E-state index contributed by atoms with van der Waals surface area (Å²) >= 11 is 0. The first-order chi connectivity index (χ1) is 20.7. The van der Waals surface area contributed by atoms with Gasteiger partial charge in [0, 0.05) is 29.7 Å². The molecule has 0 bridgehead atoms. The molecule has 14 heteroatoms. The molecule has 1 fully saturated rings. The topological polar surface area (TPSA) is 102 Å². The van der Waals surface area contributed by atoms with Crippen LogP contribution in [0.15, 0.2) is 30.3 Å². The predicted octanol–water partition coefficient (Wildman–Crippen LogP) is 5.93. The molecule has 1 saturated carbocycles. The van der Waals surface area contributed by atoms with E-state index in [0.29, 0.717) is 43.2 Å². The first-order valence-corrected chi connectivity index (χ1v) is 14.4. The maximum atomic E-state index is 13.9. The van der Waals surface area contributed by atoms with Crippen LogP contribution < -0.4 is 29.0 Å². The van der Waals surface area contributed by atoms with Crippen LogP contribution >= 0.6 is 0 Å². The Morgan fingerprint density at radius 3 is 2.39 bits per heavy atom. The summed E-state index contributed by atoms with van der Waals surface area (Å²) in [7, 11) is 0. The number of hydrogen-bond acceptors (Lipinski definition) is 8. The molecule has 6 rings (SSSR count). The van der Waals surface area contributed by atoms with Gasteiger partial charge in [-0.3, -0.25) is 9.59 Å². The SMILES string of the molecule is CCOC(=O)[C@H]1CC[C@H]([C@H]2C[C@@H](NC(=O)[C@@]3(C)COc4cc5c(cc43)OC(F)(F)O5)c3ccc(OC(F)(F)F)cc3O2)CC1. The molecule has 3 heterocycles. The molecule has 1 N–H and O–H groups in total. The lowest BCUT2D eigenvalue weighted by Gasteiger charge is -2.40. The quantitative estimate of drug-likeness (QED) is 0.311. The minimum absolute atomic E-state index is 0.0343. The summed E-state index contributed by atoms with van der Waals surface area (Å²) in [5, 5.41) is 3.01. The predicted molar refractivity (Wildman–Crippen MR) is 141 cm³/mol. The molecule has 3 atom stereocenters. The summed E-state index contributed by atoms with van der Waals surface area (Å²) < 4.78 is 96.5. The fourth-order valence-corrected chi connectivity index (χ4v) is 6.42. The van der Waals surface area contributed by atoms with E-state index in [9.17, 15) is 31.5 Å². The number of hydrogen-bond donors (Lipinski definition) is 1. The van der Waals surface area contributed by atoms with Gasteiger partial charge in [0.1, 0.15) is 35.4 Å². The zero-order chi connectivity index (χ0) is 31.4. The maximum Gasteiger partial charge on any atom is 0.586 e. The van der Waals surface area contributed by atoms with E-state index < -0.39 is 41.9 Å². The number of ether oxygens (including phenoxy) is 6. The molecule has 4 aliphatic rings. The van der Waals surface area contributed by atoms with E-state index >= 15 is 0 Å². The zero-order valence-electron chi connectivity index (χ0n) is 23.8. The van der Waals surface area contributed by atoms with E-state index in [1.807, 2.05) is 0 Å². The number of halogens is 5. The van der Waals surface area contributed by atoms with E-state index in [0.717, 1.165) is 12.1 Å². The van der Waals surface area contributed by atoms with Gasteiger partial charge in [0.15, 0.2) is 11.5 Å². The van der Waals surface area contributed by atoms with E-state index in [1.54, 1.807) is 13.8 Å². The number of carbonyl (C=O) groups is 2. The normalized spacial score (nSPS) is 28.2. The second-order valence-corrected chi connectivity index (χ2v) is 11.6. The number of nitrogens with one attached hydrogen (secondary N) is 1. The highest BCUT2D eigenvalue weighted by Crippen LogP contribution is 2.50.